The zero-order valence-electron chi connectivity index (χ0n) is 20.4. The average molecular weight is 479 g/mol. The minimum absolute atomic E-state index is 0.118. The van der Waals surface area contributed by atoms with Gasteiger partial charge in [0.05, 0.1) is 16.8 Å². The van der Waals surface area contributed by atoms with Crippen LogP contribution >= 0.6 is 11.3 Å². The summed E-state index contributed by atoms with van der Waals surface area (Å²) in [5.41, 5.74) is 3.55. The van der Waals surface area contributed by atoms with Gasteiger partial charge in [-0.2, -0.15) is 0 Å². The molecule has 0 radical (unpaired) electrons. The molecule has 180 valence electrons. The van der Waals surface area contributed by atoms with Gasteiger partial charge in [-0.15, -0.1) is 0 Å². The lowest BCUT2D eigenvalue weighted by molar-refractivity contribution is -0.137. The van der Waals surface area contributed by atoms with Gasteiger partial charge < -0.3 is 19.4 Å². The standard InChI is InChI=1S/C27H34N4O2S/c1-4-33-23-8-9-24-25(17-23)34-27(28-24)29-12-10-21(11-13-29)26(32)30-14-15-31(20(3)18-30)22-7-5-6-19(2)16-22/h5-9,16-17,20-21H,4,10-15,18H2,1-3H3/t20-/m1/s1. The Kier molecular flexibility index (Phi) is 6.63. The van der Waals surface area contributed by atoms with Crippen molar-refractivity contribution >= 4 is 38.3 Å². The Morgan fingerprint density at radius 2 is 1.94 bits per heavy atom. The van der Waals surface area contributed by atoms with Crippen LogP contribution in [-0.2, 0) is 4.79 Å². The average Bonchev–Trinajstić information content (AvgIpc) is 3.27. The fourth-order valence-corrected chi connectivity index (χ4v) is 6.25. The fraction of sp³-hybridized carbons (Fsp3) is 0.481. The highest BCUT2D eigenvalue weighted by atomic mass is 32.1. The predicted octanol–water partition coefficient (Wildman–Crippen LogP) is 4.96. The molecular weight excluding hydrogens is 444 g/mol. The maximum atomic E-state index is 13.3. The molecular formula is C27H34N4O2S. The topological polar surface area (TPSA) is 48.9 Å². The summed E-state index contributed by atoms with van der Waals surface area (Å²) in [6, 6.07) is 15.1. The fourth-order valence-electron chi connectivity index (χ4n) is 5.21. The molecule has 2 aliphatic heterocycles. The minimum atomic E-state index is 0.118. The van der Waals surface area contributed by atoms with Crippen LogP contribution in [-0.4, -0.2) is 61.2 Å². The molecule has 5 rings (SSSR count). The van der Waals surface area contributed by atoms with Crippen molar-refractivity contribution in [1.29, 1.82) is 0 Å². The number of carbonyl (C=O) groups excluding carboxylic acids is 1. The van der Waals surface area contributed by atoms with E-state index in [0.29, 0.717) is 18.6 Å². The third kappa shape index (κ3) is 4.71. The van der Waals surface area contributed by atoms with E-state index in [4.69, 9.17) is 9.72 Å². The predicted molar refractivity (Wildman–Crippen MR) is 140 cm³/mol. The highest BCUT2D eigenvalue weighted by Gasteiger charge is 2.33. The minimum Gasteiger partial charge on any atom is -0.494 e. The van der Waals surface area contributed by atoms with E-state index in [1.807, 2.05) is 19.1 Å². The zero-order chi connectivity index (χ0) is 23.7. The summed E-state index contributed by atoms with van der Waals surface area (Å²) in [7, 11) is 0. The molecule has 3 aromatic rings. The first-order valence-electron chi connectivity index (χ1n) is 12.4. The third-order valence-corrected chi connectivity index (χ3v) is 8.13. The van der Waals surface area contributed by atoms with Crippen molar-refractivity contribution in [2.75, 3.05) is 49.1 Å². The van der Waals surface area contributed by atoms with Gasteiger partial charge >= 0.3 is 0 Å². The van der Waals surface area contributed by atoms with Crippen molar-refractivity contribution in [2.24, 2.45) is 5.92 Å². The van der Waals surface area contributed by atoms with Crippen LogP contribution in [0.1, 0.15) is 32.3 Å². The first-order valence-corrected chi connectivity index (χ1v) is 13.2. The van der Waals surface area contributed by atoms with Gasteiger partial charge in [0.15, 0.2) is 5.13 Å². The van der Waals surface area contributed by atoms with Crippen LogP contribution in [0, 0.1) is 12.8 Å². The number of anilines is 2. The van der Waals surface area contributed by atoms with Gasteiger partial charge in [0.1, 0.15) is 5.75 Å². The van der Waals surface area contributed by atoms with Gasteiger partial charge in [-0.3, -0.25) is 4.79 Å². The van der Waals surface area contributed by atoms with E-state index in [1.54, 1.807) is 11.3 Å². The van der Waals surface area contributed by atoms with Crippen molar-refractivity contribution in [3.8, 4) is 5.75 Å². The van der Waals surface area contributed by atoms with Crippen molar-refractivity contribution in [3.05, 3.63) is 48.0 Å². The molecule has 0 bridgehead atoms. The molecule has 2 saturated heterocycles. The normalized spacial score (nSPS) is 19.6. The number of piperidine rings is 1. The molecule has 6 nitrogen and oxygen atoms in total. The number of fused-ring (bicyclic) bond motifs is 1. The van der Waals surface area contributed by atoms with Gasteiger partial charge in [-0.25, -0.2) is 4.98 Å². The van der Waals surface area contributed by atoms with Crippen LogP contribution < -0.4 is 14.5 Å². The lowest BCUT2D eigenvalue weighted by Crippen LogP contribution is -2.55. The number of aromatic nitrogens is 1. The molecule has 3 heterocycles. The quantitative estimate of drug-likeness (QED) is 0.519. The number of piperazine rings is 1. The van der Waals surface area contributed by atoms with Crippen LogP contribution in [0.2, 0.25) is 0 Å². The summed E-state index contributed by atoms with van der Waals surface area (Å²) in [6.45, 7) is 11.3. The maximum absolute atomic E-state index is 13.3. The largest absolute Gasteiger partial charge is 0.494 e. The Bertz CT molecular complexity index is 1150. The van der Waals surface area contributed by atoms with Crippen molar-refractivity contribution in [3.63, 3.8) is 0 Å². The molecule has 1 amide bonds. The number of hydrogen-bond acceptors (Lipinski definition) is 6. The summed E-state index contributed by atoms with van der Waals surface area (Å²) in [5, 5.41) is 1.05. The summed E-state index contributed by atoms with van der Waals surface area (Å²) < 4.78 is 6.78. The number of carbonyl (C=O) groups is 1. The highest BCUT2D eigenvalue weighted by Crippen LogP contribution is 2.34. The number of nitrogens with zero attached hydrogens (tertiary/aromatic N) is 4. The zero-order valence-corrected chi connectivity index (χ0v) is 21.2. The lowest BCUT2D eigenvalue weighted by Gasteiger charge is -2.43. The van der Waals surface area contributed by atoms with Crippen LogP contribution in [0.25, 0.3) is 10.2 Å². The number of aryl methyl sites for hydroxylation is 1. The summed E-state index contributed by atoms with van der Waals surface area (Å²) in [4.78, 5) is 25.1. The van der Waals surface area contributed by atoms with Gasteiger partial charge in [-0.05, 0) is 69.5 Å². The van der Waals surface area contributed by atoms with E-state index in [0.717, 1.165) is 66.7 Å². The number of ether oxygens (including phenoxy) is 1. The first-order chi connectivity index (χ1) is 16.5. The van der Waals surface area contributed by atoms with Gasteiger partial charge in [0.25, 0.3) is 0 Å². The van der Waals surface area contributed by atoms with E-state index < -0.39 is 0 Å². The second kappa shape index (κ2) is 9.82. The Morgan fingerprint density at radius 3 is 2.68 bits per heavy atom. The molecule has 7 heteroatoms. The molecule has 0 saturated carbocycles. The van der Waals surface area contributed by atoms with E-state index in [2.05, 4.69) is 58.9 Å². The smallest absolute Gasteiger partial charge is 0.225 e. The van der Waals surface area contributed by atoms with Gasteiger partial charge in [0, 0.05) is 50.4 Å². The van der Waals surface area contributed by atoms with Crippen LogP contribution in [0.15, 0.2) is 42.5 Å². The van der Waals surface area contributed by atoms with E-state index >= 15 is 0 Å². The van der Waals surface area contributed by atoms with Crippen LogP contribution in [0.3, 0.4) is 0 Å². The number of hydrogen-bond donors (Lipinski definition) is 0. The molecule has 2 fully saturated rings. The number of amides is 1. The molecule has 1 atom stereocenters. The van der Waals surface area contributed by atoms with Gasteiger partial charge in [-0.1, -0.05) is 23.5 Å². The Balaban J connectivity index is 1.17. The van der Waals surface area contributed by atoms with Crippen molar-refractivity contribution < 1.29 is 9.53 Å². The SMILES string of the molecule is CCOc1ccc2nc(N3CCC(C(=O)N4CCN(c5cccc(C)c5)[C@H](C)C4)CC3)sc2c1. The summed E-state index contributed by atoms with van der Waals surface area (Å²) in [6.07, 6.45) is 1.79. The molecule has 34 heavy (non-hydrogen) atoms. The lowest BCUT2D eigenvalue weighted by atomic mass is 9.95. The van der Waals surface area contributed by atoms with Crippen molar-refractivity contribution in [1.82, 2.24) is 9.88 Å². The molecule has 0 N–H and O–H groups in total. The monoisotopic (exact) mass is 478 g/mol. The van der Waals surface area contributed by atoms with E-state index in [1.165, 1.54) is 11.3 Å². The number of benzene rings is 2. The van der Waals surface area contributed by atoms with Crippen molar-refractivity contribution in [2.45, 2.75) is 39.7 Å². The Morgan fingerprint density at radius 1 is 1.12 bits per heavy atom. The molecule has 2 aliphatic rings. The van der Waals surface area contributed by atoms with E-state index in [9.17, 15) is 4.79 Å². The second-order valence-corrected chi connectivity index (χ2v) is 10.5. The molecule has 0 spiro atoms. The Hall–Kier alpha value is -2.80. The molecule has 2 aromatic carbocycles. The number of thiazole rings is 1. The van der Waals surface area contributed by atoms with Crippen LogP contribution in [0.4, 0.5) is 10.8 Å². The van der Waals surface area contributed by atoms with Gasteiger partial charge in [0.2, 0.25) is 5.91 Å². The molecule has 0 unspecified atom stereocenters. The van der Waals surface area contributed by atoms with E-state index in [-0.39, 0.29) is 5.92 Å². The molecule has 0 aliphatic carbocycles. The number of rotatable bonds is 5. The summed E-state index contributed by atoms with van der Waals surface area (Å²) >= 11 is 1.71. The maximum Gasteiger partial charge on any atom is 0.225 e. The first kappa shape index (κ1) is 23.0. The molecule has 1 aromatic heterocycles. The highest BCUT2D eigenvalue weighted by molar-refractivity contribution is 7.22. The third-order valence-electron chi connectivity index (χ3n) is 7.05. The summed E-state index contributed by atoms with van der Waals surface area (Å²) in [5.74, 6) is 1.35. The Labute approximate surface area is 206 Å². The van der Waals surface area contributed by atoms with Crippen LogP contribution in [0.5, 0.6) is 5.75 Å². The second-order valence-electron chi connectivity index (χ2n) is 9.49.